The van der Waals surface area contributed by atoms with Gasteiger partial charge in [0.1, 0.15) is 4.90 Å². The predicted molar refractivity (Wildman–Crippen MR) is 96.6 cm³/mol. The summed E-state index contributed by atoms with van der Waals surface area (Å²) in [6.07, 6.45) is 2.10. The van der Waals surface area contributed by atoms with E-state index in [0.29, 0.717) is 18.5 Å². The average molecular weight is 383 g/mol. The molecule has 2 aromatic rings. The second-order valence-electron chi connectivity index (χ2n) is 6.56. The van der Waals surface area contributed by atoms with Crippen LogP contribution in [0.1, 0.15) is 13.3 Å². The Morgan fingerprint density at radius 3 is 2.68 bits per heavy atom. The van der Waals surface area contributed by atoms with Crippen LogP contribution in [0.3, 0.4) is 0 Å². The summed E-state index contributed by atoms with van der Waals surface area (Å²) in [6, 6.07) is 8.58. The molecule has 9 heteroatoms. The van der Waals surface area contributed by atoms with E-state index in [4.69, 9.17) is 0 Å². The first-order chi connectivity index (χ1) is 11.7. The molecule has 1 fully saturated rings. The Hall–Kier alpha value is -1.55. The van der Waals surface area contributed by atoms with Crippen LogP contribution >= 0.6 is 0 Å². The number of hydrogen-bond acceptors (Lipinski definition) is 6. The Morgan fingerprint density at radius 1 is 1.20 bits per heavy atom. The molecular weight excluding hydrogens is 362 g/mol. The van der Waals surface area contributed by atoms with Crippen molar-refractivity contribution in [2.75, 3.05) is 24.6 Å². The van der Waals surface area contributed by atoms with Crippen molar-refractivity contribution in [2.24, 2.45) is 0 Å². The summed E-state index contributed by atoms with van der Waals surface area (Å²) in [5.41, 5.74) is -0.0649. The van der Waals surface area contributed by atoms with Gasteiger partial charge in [0.25, 0.3) is 0 Å². The third-order valence-corrected chi connectivity index (χ3v) is 7.75. The number of fused-ring (bicyclic) bond motifs is 1. The van der Waals surface area contributed by atoms with Crippen molar-refractivity contribution in [1.82, 2.24) is 15.0 Å². The van der Waals surface area contributed by atoms with Crippen LogP contribution in [0.4, 0.5) is 0 Å². The van der Waals surface area contributed by atoms with Crippen molar-refractivity contribution in [3.63, 3.8) is 0 Å². The van der Waals surface area contributed by atoms with Gasteiger partial charge in [-0.2, -0.15) is 0 Å². The number of nitrogens with one attached hydrogen (secondary N) is 2. The minimum Gasteiger partial charge on any atom is -0.309 e. The van der Waals surface area contributed by atoms with Gasteiger partial charge in [0.15, 0.2) is 9.84 Å². The minimum atomic E-state index is -3.70. The number of pyridine rings is 1. The van der Waals surface area contributed by atoms with E-state index in [1.54, 1.807) is 18.3 Å². The normalized spacial score (nSPS) is 23.1. The van der Waals surface area contributed by atoms with Gasteiger partial charge < -0.3 is 5.32 Å². The first-order valence-electron chi connectivity index (χ1n) is 8.00. The second-order valence-corrected chi connectivity index (χ2v) is 10.5. The lowest BCUT2D eigenvalue weighted by molar-refractivity contribution is 0.400. The Balaban J connectivity index is 1.65. The van der Waals surface area contributed by atoms with E-state index in [0.717, 1.165) is 5.39 Å². The van der Waals surface area contributed by atoms with Crippen LogP contribution in [-0.2, 0) is 19.9 Å². The summed E-state index contributed by atoms with van der Waals surface area (Å²) in [5, 5.41) is 3.91. The van der Waals surface area contributed by atoms with Gasteiger partial charge in [0, 0.05) is 30.2 Å². The van der Waals surface area contributed by atoms with E-state index in [-0.39, 0.29) is 22.9 Å². The summed E-state index contributed by atoms with van der Waals surface area (Å²) in [6.45, 7) is 2.37. The number of nitrogens with zero attached hydrogens (tertiary/aromatic N) is 1. The van der Waals surface area contributed by atoms with Crippen molar-refractivity contribution in [2.45, 2.75) is 23.8 Å². The maximum Gasteiger partial charge on any atom is 0.242 e. The number of sulfone groups is 1. The van der Waals surface area contributed by atoms with Gasteiger partial charge in [0.05, 0.1) is 17.0 Å². The number of sulfonamides is 1. The lowest BCUT2D eigenvalue weighted by atomic mass is 10.0. The molecule has 0 spiro atoms. The van der Waals surface area contributed by atoms with Crippen LogP contribution in [0.15, 0.2) is 41.4 Å². The molecule has 1 saturated heterocycles. The molecule has 1 aromatic heterocycles. The van der Waals surface area contributed by atoms with E-state index >= 15 is 0 Å². The quantitative estimate of drug-likeness (QED) is 0.711. The zero-order valence-corrected chi connectivity index (χ0v) is 15.5. The van der Waals surface area contributed by atoms with Gasteiger partial charge in [-0.1, -0.05) is 18.2 Å². The Labute approximate surface area is 147 Å². The third kappa shape index (κ3) is 4.17. The smallest absolute Gasteiger partial charge is 0.242 e. The summed E-state index contributed by atoms with van der Waals surface area (Å²) in [4.78, 5) is 4.30. The van der Waals surface area contributed by atoms with Crippen LogP contribution in [-0.4, -0.2) is 52.0 Å². The van der Waals surface area contributed by atoms with Crippen LogP contribution in [0.5, 0.6) is 0 Å². The van der Waals surface area contributed by atoms with Gasteiger partial charge in [-0.15, -0.1) is 0 Å². The zero-order valence-electron chi connectivity index (χ0n) is 13.9. The second kappa shape index (κ2) is 6.64. The van der Waals surface area contributed by atoms with Gasteiger partial charge in [0.2, 0.25) is 10.0 Å². The zero-order chi connectivity index (χ0) is 18.1. The first-order valence-corrected chi connectivity index (χ1v) is 11.3. The molecule has 2 heterocycles. The standard InChI is InChI=1S/C16H21N3O4S2/c1-16(7-11-24(20,21)12-16)18-9-10-19-25(22,23)14-6-2-4-13-5-3-8-17-15(13)14/h2-6,8,18-19H,7,9-12H2,1H3/t16-/m1/s1. The maximum absolute atomic E-state index is 12.6. The van der Waals surface area contributed by atoms with E-state index < -0.39 is 25.4 Å². The molecule has 1 aromatic carbocycles. The highest BCUT2D eigenvalue weighted by molar-refractivity contribution is 7.91. The fraction of sp³-hybridized carbons (Fsp3) is 0.438. The lowest BCUT2D eigenvalue weighted by Gasteiger charge is -2.24. The van der Waals surface area contributed by atoms with E-state index in [1.807, 2.05) is 19.1 Å². The lowest BCUT2D eigenvalue weighted by Crippen LogP contribution is -2.46. The summed E-state index contributed by atoms with van der Waals surface area (Å²) < 4.78 is 50.8. The maximum atomic E-state index is 12.6. The fourth-order valence-electron chi connectivity index (χ4n) is 3.07. The van der Waals surface area contributed by atoms with Gasteiger partial charge >= 0.3 is 0 Å². The van der Waals surface area contributed by atoms with Crippen molar-refractivity contribution >= 4 is 30.8 Å². The number of rotatable bonds is 6. The molecule has 0 radical (unpaired) electrons. The molecule has 7 nitrogen and oxygen atoms in total. The third-order valence-electron chi connectivity index (χ3n) is 4.36. The molecule has 0 saturated carbocycles. The first kappa shape index (κ1) is 18.2. The van der Waals surface area contributed by atoms with E-state index in [9.17, 15) is 16.8 Å². The number of hydrogen-bond donors (Lipinski definition) is 2. The Bertz CT molecular complexity index is 984. The van der Waals surface area contributed by atoms with E-state index in [1.165, 1.54) is 6.07 Å². The molecule has 0 amide bonds. The van der Waals surface area contributed by atoms with Crippen LogP contribution < -0.4 is 10.0 Å². The highest BCUT2D eigenvalue weighted by atomic mass is 32.2. The molecule has 1 aliphatic heterocycles. The Kier molecular flexibility index (Phi) is 4.84. The highest BCUT2D eigenvalue weighted by Gasteiger charge is 2.37. The molecule has 1 aliphatic rings. The predicted octanol–water partition coefficient (Wildman–Crippen LogP) is 0.680. The van der Waals surface area contributed by atoms with Crippen molar-refractivity contribution < 1.29 is 16.8 Å². The van der Waals surface area contributed by atoms with Gasteiger partial charge in [-0.3, -0.25) is 4.98 Å². The average Bonchev–Trinajstić information content (AvgIpc) is 2.85. The molecular formula is C16H21N3O4S2. The number of benzene rings is 1. The molecule has 1 atom stereocenters. The largest absolute Gasteiger partial charge is 0.309 e. The summed E-state index contributed by atoms with van der Waals surface area (Å²) in [7, 11) is -6.69. The number of aromatic nitrogens is 1. The SMILES string of the molecule is C[C@@]1(NCCNS(=O)(=O)c2cccc3cccnc23)CCS(=O)(=O)C1. The summed E-state index contributed by atoms with van der Waals surface area (Å²) >= 11 is 0. The molecule has 136 valence electrons. The van der Waals surface area contributed by atoms with Crippen LogP contribution in [0.25, 0.3) is 10.9 Å². The van der Waals surface area contributed by atoms with Gasteiger partial charge in [-0.05, 0) is 25.5 Å². The van der Waals surface area contributed by atoms with Crippen molar-refractivity contribution in [3.8, 4) is 0 Å². The molecule has 0 aliphatic carbocycles. The highest BCUT2D eigenvalue weighted by Crippen LogP contribution is 2.23. The fourth-order valence-corrected chi connectivity index (χ4v) is 6.40. The monoisotopic (exact) mass is 383 g/mol. The topological polar surface area (TPSA) is 105 Å². The van der Waals surface area contributed by atoms with E-state index in [2.05, 4.69) is 15.0 Å². The molecule has 0 unspecified atom stereocenters. The molecule has 2 N–H and O–H groups in total. The van der Waals surface area contributed by atoms with Crippen LogP contribution in [0.2, 0.25) is 0 Å². The van der Waals surface area contributed by atoms with Crippen LogP contribution in [0, 0.1) is 0 Å². The summed E-state index contributed by atoms with van der Waals surface area (Å²) in [5.74, 6) is 0.254. The molecule has 0 bridgehead atoms. The van der Waals surface area contributed by atoms with Gasteiger partial charge in [-0.25, -0.2) is 21.6 Å². The Morgan fingerprint density at radius 2 is 1.96 bits per heavy atom. The van der Waals surface area contributed by atoms with Crippen molar-refractivity contribution in [3.05, 3.63) is 36.5 Å². The minimum absolute atomic E-state index is 0.0833. The van der Waals surface area contributed by atoms with Crippen molar-refractivity contribution in [1.29, 1.82) is 0 Å². The number of para-hydroxylation sites is 1. The molecule has 3 rings (SSSR count). The molecule has 25 heavy (non-hydrogen) atoms.